The Kier molecular flexibility index (Phi) is 5.16. The van der Waals surface area contributed by atoms with Gasteiger partial charge in [0, 0.05) is 20.1 Å². The van der Waals surface area contributed by atoms with Gasteiger partial charge in [0.2, 0.25) is 8.32 Å². The van der Waals surface area contributed by atoms with E-state index in [0.29, 0.717) is 13.0 Å². The minimum Gasteiger partial charge on any atom is -0.520 e. The molecule has 0 atom stereocenters. The molecule has 0 N–H and O–H groups in total. The van der Waals surface area contributed by atoms with Crippen molar-refractivity contribution in [1.29, 1.82) is 0 Å². The van der Waals surface area contributed by atoms with Gasteiger partial charge in [0.25, 0.3) is 5.97 Å². The van der Waals surface area contributed by atoms with Crippen molar-refractivity contribution in [2.24, 2.45) is 0 Å². The van der Waals surface area contributed by atoms with Crippen LogP contribution in [-0.2, 0) is 14.0 Å². The van der Waals surface area contributed by atoms with Gasteiger partial charge in [0.15, 0.2) is 0 Å². The van der Waals surface area contributed by atoms with E-state index in [9.17, 15) is 4.79 Å². The molecule has 3 nitrogen and oxygen atoms in total. The summed E-state index contributed by atoms with van der Waals surface area (Å²) in [5.41, 5.74) is 0. The quantitative estimate of drug-likeness (QED) is 0.490. The molecule has 0 aromatic heterocycles. The van der Waals surface area contributed by atoms with E-state index in [1.54, 1.807) is 7.11 Å². The van der Waals surface area contributed by atoms with Gasteiger partial charge in [-0.2, -0.15) is 0 Å². The number of hydrogen-bond donors (Lipinski definition) is 0. The van der Waals surface area contributed by atoms with Crippen LogP contribution in [0.2, 0.25) is 19.6 Å². The summed E-state index contributed by atoms with van der Waals surface area (Å²) in [7, 11) is -0.0420. The van der Waals surface area contributed by atoms with Crippen LogP contribution in [0.1, 0.15) is 12.8 Å². The van der Waals surface area contributed by atoms with Gasteiger partial charge in [-0.05, 0) is 26.1 Å². The van der Waals surface area contributed by atoms with Gasteiger partial charge in [-0.1, -0.05) is 0 Å². The third-order valence-corrected chi connectivity index (χ3v) is 1.99. The molecule has 4 heteroatoms. The summed E-state index contributed by atoms with van der Waals surface area (Å²) in [5.74, 6) is -0.0915. The van der Waals surface area contributed by atoms with Crippen molar-refractivity contribution < 1.29 is 14.0 Å². The second kappa shape index (κ2) is 5.32. The van der Waals surface area contributed by atoms with E-state index in [4.69, 9.17) is 9.16 Å². The predicted octanol–water partition coefficient (Wildman–Crippen LogP) is 1.79. The standard InChI is InChI=1S/C8H18O3Si/c1-10-7-5-6-8(9)11-12(2,3)4/h5-7H2,1-4H3. The molecule has 0 saturated heterocycles. The number of carbonyl (C=O) groups is 1. The highest BCUT2D eigenvalue weighted by molar-refractivity contribution is 6.71. The Balaban J connectivity index is 3.47. The first-order chi connectivity index (χ1) is 5.45. The van der Waals surface area contributed by atoms with Crippen molar-refractivity contribution in [3.8, 4) is 0 Å². The molecule has 0 fully saturated rings. The number of hydrogen-bond acceptors (Lipinski definition) is 3. The van der Waals surface area contributed by atoms with Gasteiger partial charge in [-0.15, -0.1) is 0 Å². The van der Waals surface area contributed by atoms with Crippen LogP contribution in [0, 0.1) is 0 Å². The Morgan fingerprint density at radius 1 is 1.33 bits per heavy atom. The maximum Gasteiger partial charge on any atom is 0.292 e. The Bertz CT molecular complexity index is 140. The van der Waals surface area contributed by atoms with Crippen molar-refractivity contribution in [3.63, 3.8) is 0 Å². The highest BCUT2D eigenvalue weighted by atomic mass is 28.4. The number of rotatable bonds is 5. The number of ether oxygens (including phenoxy) is 1. The molecule has 0 bridgehead atoms. The molecule has 0 amide bonds. The summed E-state index contributed by atoms with van der Waals surface area (Å²) in [6, 6.07) is 0. The van der Waals surface area contributed by atoms with Gasteiger partial charge in [-0.25, -0.2) is 0 Å². The van der Waals surface area contributed by atoms with Crippen molar-refractivity contribution >= 4 is 14.3 Å². The normalized spacial score (nSPS) is 11.3. The van der Waals surface area contributed by atoms with Crippen LogP contribution in [-0.4, -0.2) is 28.0 Å². The van der Waals surface area contributed by atoms with E-state index in [2.05, 4.69) is 0 Å². The van der Waals surface area contributed by atoms with Gasteiger partial charge in [-0.3, -0.25) is 4.79 Å². The third-order valence-electron chi connectivity index (χ3n) is 1.15. The molecule has 0 aliphatic carbocycles. The molecule has 0 spiro atoms. The van der Waals surface area contributed by atoms with Crippen LogP contribution in [0.25, 0.3) is 0 Å². The summed E-state index contributed by atoms with van der Waals surface area (Å²) in [6.07, 6.45) is 1.22. The fraction of sp³-hybridized carbons (Fsp3) is 0.875. The molecule has 0 aromatic carbocycles. The zero-order chi connectivity index (χ0) is 9.61. The maximum absolute atomic E-state index is 11.1. The summed E-state index contributed by atoms with van der Waals surface area (Å²) < 4.78 is 10.1. The van der Waals surface area contributed by atoms with Gasteiger partial charge in [0.1, 0.15) is 0 Å². The molecular weight excluding hydrogens is 172 g/mol. The lowest BCUT2D eigenvalue weighted by molar-refractivity contribution is -0.135. The van der Waals surface area contributed by atoms with E-state index in [1.807, 2.05) is 19.6 Å². The van der Waals surface area contributed by atoms with Crippen molar-refractivity contribution in [1.82, 2.24) is 0 Å². The number of methoxy groups -OCH3 is 1. The van der Waals surface area contributed by atoms with Crippen LogP contribution < -0.4 is 0 Å². The molecule has 0 radical (unpaired) electrons. The topological polar surface area (TPSA) is 35.5 Å². The second-order valence-corrected chi connectivity index (χ2v) is 8.11. The third kappa shape index (κ3) is 7.75. The first kappa shape index (κ1) is 11.6. The highest BCUT2D eigenvalue weighted by Gasteiger charge is 2.19. The van der Waals surface area contributed by atoms with Crippen LogP contribution in [0.5, 0.6) is 0 Å². The van der Waals surface area contributed by atoms with E-state index in [1.165, 1.54) is 0 Å². The van der Waals surface area contributed by atoms with E-state index < -0.39 is 8.32 Å². The summed E-state index contributed by atoms with van der Waals surface area (Å²) in [5, 5.41) is 0. The zero-order valence-electron chi connectivity index (χ0n) is 8.35. The Hall–Kier alpha value is -0.353. The molecule has 0 aliphatic rings. The summed E-state index contributed by atoms with van der Waals surface area (Å²) >= 11 is 0. The first-order valence-electron chi connectivity index (χ1n) is 4.16. The molecule has 72 valence electrons. The molecule has 0 aromatic rings. The SMILES string of the molecule is COCCCC(=O)O[Si](C)(C)C. The first-order valence-corrected chi connectivity index (χ1v) is 7.57. The summed E-state index contributed by atoms with van der Waals surface area (Å²) in [4.78, 5) is 11.1. The van der Waals surface area contributed by atoms with Gasteiger partial charge in [0.05, 0.1) is 0 Å². The lowest BCUT2D eigenvalue weighted by Crippen LogP contribution is -2.29. The lowest BCUT2D eigenvalue weighted by Gasteiger charge is -2.16. The summed E-state index contributed by atoms with van der Waals surface area (Å²) in [6.45, 7) is 6.63. The highest BCUT2D eigenvalue weighted by Crippen LogP contribution is 2.05. The Morgan fingerprint density at radius 3 is 2.33 bits per heavy atom. The maximum atomic E-state index is 11.1. The van der Waals surface area contributed by atoms with Crippen molar-refractivity contribution in [3.05, 3.63) is 0 Å². The molecule has 0 rings (SSSR count). The lowest BCUT2D eigenvalue weighted by atomic mass is 10.3. The molecule has 0 unspecified atom stereocenters. The minimum atomic E-state index is -1.67. The van der Waals surface area contributed by atoms with Crippen LogP contribution in [0.3, 0.4) is 0 Å². The minimum absolute atomic E-state index is 0.0915. The average molecular weight is 190 g/mol. The largest absolute Gasteiger partial charge is 0.520 e. The van der Waals surface area contributed by atoms with E-state index in [0.717, 1.165) is 6.42 Å². The van der Waals surface area contributed by atoms with Crippen LogP contribution >= 0.6 is 0 Å². The zero-order valence-corrected chi connectivity index (χ0v) is 9.35. The monoisotopic (exact) mass is 190 g/mol. The second-order valence-electron chi connectivity index (χ2n) is 3.68. The molecule has 0 aliphatic heterocycles. The van der Waals surface area contributed by atoms with Gasteiger partial charge >= 0.3 is 0 Å². The number of carbonyl (C=O) groups excluding carboxylic acids is 1. The van der Waals surface area contributed by atoms with Crippen molar-refractivity contribution in [2.45, 2.75) is 32.5 Å². The fourth-order valence-corrected chi connectivity index (χ4v) is 1.54. The molecule has 0 heterocycles. The van der Waals surface area contributed by atoms with E-state index in [-0.39, 0.29) is 5.97 Å². The molecule has 12 heavy (non-hydrogen) atoms. The Morgan fingerprint density at radius 2 is 1.92 bits per heavy atom. The van der Waals surface area contributed by atoms with Crippen LogP contribution in [0.4, 0.5) is 0 Å². The van der Waals surface area contributed by atoms with Crippen LogP contribution in [0.15, 0.2) is 0 Å². The smallest absolute Gasteiger partial charge is 0.292 e. The van der Waals surface area contributed by atoms with Crippen molar-refractivity contribution in [2.75, 3.05) is 13.7 Å². The predicted molar refractivity (Wildman–Crippen MR) is 50.5 cm³/mol. The van der Waals surface area contributed by atoms with E-state index >= 15 is 0 Å². The fourth-order valence-electron chi connectivity index (χ4n) is 0.753. The Labute approximate surface area is 75.2 Å². The molecular formula is C8H18O3Si. The molecule has 0 saturated carbocycles. The van der Waals surface area contributed by atoms with Gasteiger partial charge < -0.3 is 9.16 Å². The average Bonchev–Trinajstić information content (AvgIpc) is 1.84.